The van der Waals surface area contributed by atoms with Gasteiger partial charge in [0.15, 0.2) is 5.84 Å². The highest BCUT2D eigenvalue weighted by Crippen LogP contribution is 2.22. The van der Waals surface area contributed by atoms with Crippen LogP contribution in [0.25, 0.3) is 0 Å². The summed E-state index contributed by atoms with van der Waals surface area (Å²) in [7, 11) is 0. The zero-order valence-electron chi connectivity index (χ0n) is 11.5. The predicted octanol–water partition coefficient (Wildman–Crippen LogP) is 2.81. The van der Waals surface area contributed by atoms with Crippen molar-refractivity contribution in [2.75, 3.05) is 11.4 Å². The van der Waals surface area contributed by atoms with E-state index in [1.165, 1.54) is 5.56 Å². The van der Waals surface area contributed by atoms with Crippen LogP contribution in [0, 0.1) is 0 Å². The van der Waals surface area contributed by atoms with Crippen molar-refractivity contribution in [2.24, 2.45) is 10.9 Å². The van der Waals surface area contributed by atoms with E-state index in [0.717, 1.165) is 24.3 Å². The smallest absolute Gasteiger partial charge is 0.172 e. The van der Waals surface area contributed by atoms with Crippen LogP contribution in [-0.4, -0.2) is 17.6 Å². The lowest BCUT2D eigenvalue weighted by atomic mass is 10.1. The third-order valence-corrected chi connectivity index (χ3v) is 3.23. The molecule has 0 saturated heterocycles. The lowest BCUT2D eigenvalue weighted by molar-refractivity contribution is 0.318. The number of amidine groups is 1. The molecular formula is C16H19N3O. The third-order valence-electron chi connectivity index (χ3n) is 3.23. The van der Waals surface area contributed by atoms with Crippen molar-refractivity contribution in [3.05, 3.63) is 65.7 Å². The molecule has 0 bridgehead atoms. The Kier molecular flexibility index (Phi) is 4.60. The summed E-state index contributed by atoms with van der Waals surface area (Å²) in [4.78, 5) is 2.20. The Hall–Kier alpha value is -2.49. The van der Waals surface area contributed by atoms with Crippen molar-refractivity contribution in [1.82, 2.24) is 0 Å². The second-order valence-corrected chi connectivity index (χ2v) is 4.50. The maximum absolute atomic E-state index is 8.90. The summed E-state index contributed by atoms with van der Waals surface area (Å²) in [6.07, 6.45) is 0. The Labute approximate surface area is 119 Å². The van der Waals surface area contributed by atoms with Crippen molar-refractivity contribution in [3.63, 3.8) is 0 Å². The van der Waals surface area contributed by atoms with Crippen LogP contribution in [0.3, 0.4) is 0 Å². The van der Waals surface area contributed by atoms with E-state index in [4.69, 9.17) is 10.9 Å². The molecule has 0 aliphatic carbocycles. The standard InChI is InChI=1S/C16H19N3O/c1-2-19(12-13-8-4-3-5-9-13)15-11-7-6-10-14(15)16(17)18-20/h3-11,20H,2,12H2,1H3,(H2,17,18). The van der Waals surface area contributed by atoms with Crippen LogP contribution in [0.1, 0.15) is 18.1 Å². The van der Waals surface area contributed by atoms with Crippen molar-refractivity contribution < 1.29 is 5.21 Å². The first-order chi connectivity index (χ1) is 9.76. The molecule has 20 heavy (non-hydrogen) atoms. The van der Waals surface area contributed by atoms with Gasteiger partial charge in [-0.05, 0) is 24.6 Å². The molecule has 4 nitrogen and oxygen atoms in total. The van der Waals surface area contributed by atoms with Gasteiger partial charge in [0, 0.05) is 24.3 Å². The molecule has 0 amide bonds. The Bertz CT molecular complexity index is 581. The number of anilines is 1. The minimum atomic E-state index is 0.132. The molecule has 4 heteroatoms. The molecule has 0 aliphatic heterocycles. The van der Waals surface area contributed by atoms with Gasteiger partial charge in [0.2, 0.25) is 0 Å². The van der Waals surface area contributed by atoms with Crippen molar-refractivity contribution in [1.29, 1.82) is 0 Å². The topological polar surface area (TPSA) is 61.8 Å². The van der Waals surface area contributed by atoms with Gasteiger partial charge in [-0.3, -0.25) is 0 Å². The molecule has 3 N–H and O–H groups in total. The molecular weight excluding hydrogens is 250 g/mol. The molecule has 2 aromatic rings. The van der Waals surface area contributed by atoms with Crippen LogP contribution in [-0.2, 0) is 6.54 Å². The van der Waals surface area contributed by atoms with Crippen molar-refractivity contribution >= 4 is 11.5 Å². The molecule has 0 radical (unpaired) electrons. The first-order valence-electron chi connectivity index (χ1n) is 6.62. The third kappa shape index (κ3) is 3.09. The van der Waals surface area contributed by atoms with Crippen LogP contribution < -0.4 is 10.6 Å². The van der Waals surface area contributed by atoms with Gasteiger partial charge in [-0.2, -0.15) is 0 Å². The highest BCUT2D eigenvalue weighted by atomic mass is 16.4. The molecule has 0 aromatic heterocycles. The lowest BCUT2D eigenvalue weighted by Crippen LogP contribution is -2.26. The quantitative estimate of drug-likeness (QED) is 0.380. The van der Waals surface area contributed by atoms with Gasteiger partial charge in [-0.25, -0.2) is 0 Å². The van der Waals surface area contributed by atoms with Crippen LogP contribution in [0.4, 0.5) is 5.69 Å². The van der Waals surface area contributed by atoms with Gasteiger partial charge in [0.05, 0.1) is 0 Å². The summed E-state index contributed by atoms with van der Waals surface area (Å²) in [5, 5.41) is 12.0. The highest BCUT2D eigenvalue weighted by molar-refractivity contribution is 6.02. The number of hydrogen-bond acceptors (Lipinski definition) is 3. The minimum Gasteiger partial charge on any atom is -0.409 e. The Morgan fingerprint density at radius 2 is 1.75 bits per heavy atom. The van der Waals surface area contributed by atoms with Gasteiger partial charge in [-0.1, -0.05) is 47.6 Å². The number of oxime groups is 1. The Morgan fingerprint density at radius 1 is 1.10 bits per heavy atom. The van der Waals surface area contributed by atoms with E-state index in [1.54, 1.807) is 0 Å². The molecule has 104 valence electrons. The van der Waals surface area contributed by atoms with Gasteiger partial charge < -0.3 is 15.8 Å². The van der Waals surface area contributed by atoms with E-state index in [0.29, 0.717) is 0 Å². The van der Waals surface area contributed by atoms with Gasteiger partial charge in [-0.15, -0.1) is 0 Å². The average molecular weight is 269 g/mol. The number of nitrogens with zero attached hydrogens (tertiary/aromatic N) is 2. The van der Waals surface area contributed by atoms with E-state index in [2.05, 4.69) is 29.1 Å². The number of benzene rings is 2. The van der Waals surface area contributed by atoms with E-state index >= 15 is 0 Å². The Morgan fingerprint density at radius 3 is 2.40 bits per heavy atom. The van der Waals surface area contributed by atoms with Crippen LogP contribution in [0.15, 0.2) is 59.8 Å². The Balaban J connectivity index is 2.33. The molecule has 2 aromatic carbocycles. The summed E-state index contributed by atoms with van der Waals surface area (Å²) < 4.78 is 0. The second-order valence-electron chi connectivity index (χ2n) is 4.50. The second kappa shape index (κ2) is 6.61. The SMILES string of the molecule is CCN(Cc1ccccc1)c1ccccc1/C(N)=N\O. The molecule has 0 heterocycles. The number of hydrogen-bond donors (Lipinski definition) is 2. The highest BCUT2D eigenvalue weighted by Gasteiger charge is 2.12. The van der Waals surface area contributed by atoms with Crippen LogP contribution in [0.5, 0.6) is 0 Å². The average Bonchev–Trinajstić information content (AvgIpc) is 2.53. The predicted molar refractivity (Wildman–Crippen MR) is 82.1 cm³/mol. The van der Waals surface area contributed by atoms with E-state index in [-0.39, 0.29) is 5.84 Å². The van der Waals surface area contributed by atoms with Crippen molar-refractivity contribution in [3.8, 4) is 0 Å². The summed E-state index contributed by atoms with van der Waals surface area (Å²) in [6, 6.07) is 17.9. The summed E-state index contributed by atoms with van der Waals surface area (Å²) in [5.74, 6) is 0.132. The summed E-state index contributed by atoms with van der Waals surface area (Å²) in [6.45, 7) is 3.71. The monoisotopic (exact) mass is 269 g/mol. The molecule has 0 fully saturated rings. The molecule has 0 aliphatic rings. The first kappa shape index (κ1) is 13.9. The molecule has 0 saturated carbocycles. The zero-order valence-corrected chi connectivity index (χ0v) is 11.5. The van der Waals surface area contributed by atoms with Crippen LogP contribution in [0.2, 0.25) is 0 Å². The fraction of sp³-hybridized carbons (Fsp3) is 0.188. The summed E-state index contributed by atoms with van der Waals surface area (Å²) >= 11 is 0. The molecule has 2 rings (SSSR count). The fourth-order valence-corrected chi connectivity index (χ4v) is 2.19. The maximum Gasteiger partial charge on any atom is 0.172 e. The largest absolute Gasteiger partial charge is 0.409 e. The molecule has 0 atom stereocenters. The van der Waals surface area contributed by atoms with Gasteiger partial charge in [0.25, 0.3) is 0 Å². The van der Waals surface area contributed by atoms with Gasteiger partial charge in [0.1, 0.15) is 0 Å². The van der Waals surface area contributed by atoms with E-state index in [9.17, 15) is 0 Å². The normalized spacial score (nSPS) is 11.3. The fourth-order valence-electron chi connectivity index (χ4n) is 2.19. The number of para-hydroxylation sites is 1. The van der Waals surface area contributed by atoms with Gasteiger partial charge >= 0.3 is 0 Å². The maximum atomic E-state index is 8.90. The van der Waals surface area contributed by atoms with E-state index in [1.807, 2.05) is 42.5 Å². The summed E-state index contributed by atoms with van der Waals surface area (Å²) in [5.41, 5.74) is 8.69. The molecule has 0 unspecified atom stereocenters. The minimum absolute atomic E-state index is 0.132. The lowest BCUT2D eigenvalue weighted by Gasteiger charge is -2.25. The molecule has 0 spiro atoms. The van der Waals surface area contributed by atoms with E-state index < -0.39 is 0 Å². The van der Waals surface area contributed by atoms with Crippen molar-refractivity contribution in [2.45, 2.75) is 13.5 Å². The van der Waals surface area contributed by atoms with Crippen LogP contribution >= 0.6 is 0 Å². The first-order valence-corrected chi connectivity index (χ1v) is 6.62. The zero-order chi connectivity index (χ0) is 14.4. The number of rotatable bonds is 5. The number of nitrogens with two attached hydrogens (primary N) is 1.